The molecule has 1 unspecified atom stereocenters. The Morgan fingerprint density at radius 2 is 1.70 bits per heavy atom. The van der Waals surface area contributed by atoms with E-state index in [2.05, 4.69) is 4.99 Å². The molecule has 0 N–H and O–H groups in total. The van der Waals surface area contributed by atoms with Crippen molar-refractivity contribution in [3.8, 4) is 17.2 Å². The fourth-order valence-electron chi connectivity index (χ4n) is 4.65. The number of allylic oxidation sites excluding steroid dienone is 1. The van der Waals surface area contributed by atoms with Gasteiger partial charge < -0.3 is 14.2 Å². The van der Waals surface area contributed by atoms with E-state index in [1.54, 1.807) is 75.6 Å². The Bertz CT molecular complexity index is 2000. The van der Waals surface area contributed by atoms with Crippen LogP contribution in [0.15, 0.2) is 87.8 Å². The largest absolute Gasteiger partial charge is 0.497 e. The minimum atomic E-state index is -0.772. The summed E-state index contributed by atoms with van der Waals surface area (Å²) in [6.45, 7) is 3.56. The van der Waals surface area contributed by atoms with Crippen LogP contribution in [0.3, 0.4) is 0 Å². The fourth-order valence-corrected chi connectivity index (χ4v) is 5.70. The Balaban J connectivity index is 1.51. The van der Waals surface area contributed by atoms with Gasteiger partial charge in [-0.25, -0.2) is 9.79 Å². The van der Waals surface area contributed by atoms with Crippen LogP contribution in [0, 0.1) is 20.2 Å². The van der Waals surface area contributed by atoms with Crippen LogP contribution in [0.25, 0.3) is 6.08 Å². The standard InChI is InChI=1S/C30H24N4O9S/c1-4-42-29(36)26-17(2)31-30-32(27(26)19-7-12-21(41-3)13-8-19)28(35)25(44-30)15-18-5-10-22(11-6-18)43-24-14-9-20(33(37)38)16-23(24)34(39)40/h5-16,27H,4H2,1-3H3/b25-15-. The number of thiazole rings is 1. The van der Waals surface area contributed by atoms with Gasteiger partial charge >= 0.3 is 11.7 Å². The zero-order valence-corrected chi connectivity index (χ0v) is 24.4. The van der Waals surface area contributed by atoms with Crippen LogP contribution in [-0.4, -0.2) is 34.1 Å². The molecule has 4 aromatic rings. The molecular formula is C30H24N4O9S. The van der Waals surface area contributed by atoms with E-state index in [-0.39, 0.29) is 29.2 Å². The second-order valence-electron chi connectivity index (χ2n) is 9.41. The molecule has 0 spiro atoms. The van der Waals surface area contributed by atoms with Crippen molar-refractivity contribution >= 4 is 34.8 Å². The number of benzene rings is 3. The molecule has 0 bridgehead atoms. The summed E-state index contributed by atoms with van der Waals surface area (Å²) < 4.78 is 18.1. The Morgan fingerprint density at radius 1 is 1.02 bits per heavy atom. The third-order valence-electron chi connectivity index (χ3n) is 6.70. The van der Waals surface area contributed by atoms with Gasteiger partial charge in [0.25, 0.3) is 11.2 Å². The van der Waals surface area contributed by atoms with Gasteiger partial charge in [0.2, 0.25) is 5.75 Å². The highest BCUT2D eigenvalue weighted by Crippen LogP contribution is 2.35. The topological polar surface area (TPSA) is 165 Å². The van der Waals surface area contributed by atoms with Crippen molar-refractivity contribution in [1.29, 1.82) is 0 Å². The number of ether oxygens (including phenoxy) is 3. The van der Waals surface area contributed by atoms with E-state index in [1.165, 1.54) is 15.9 Å². The van der Waals surface area contributed by atoms with Gasteiger partial charge in [0.1, 0.15) is 11.5 Å². The van der Waals surface area contributed by atoms with Gasteiger partial charge in [-0.15, -0.1) is 0 Å². The van der Waals surface area contributed by atoms with Crippen molar-refractivity contribution in [2.45, 2.75) is 19.9 Å². The number of nitro benzene ring substituents is 2. The van der Waals surface area contributed by atoms with Gasteiger partial charge in [-0.1, -0.05) is 35.6 Å². The van der Waals surface area contributed by atoms with E-state index >= 15 is 0 Å². The van der Waals surface area contributed by atoms with E-state index in [0.717, 1.165) is 18.2 Å². The van der Waals surface area contributed by atoms with Crippen LogP contribution < -0.4 is 24.4 Å². The van der Waals surface area contributed by atoms with Crippen molar-refractivity contribution in [1.82, 2.24) is 4.57 Å². The normalized spacial score (nSPS) is 14.4. The van der Waals surface area contributed by atoms with Crippen LogP contribution in [0.1, 0.15) is 31.0 Å². The van der Waals surface area contributed by atoms with Crippen molar-refractivity contribution in [2.75, 3.05) is 13.7 Å². The smallest absolute Gasteiger partial charge is 0.338 e. The summed E-state index contributed by atoms with van der Waals surface area (Å²) in [7, 11) is 1.55. The lowest BCUT2D eigenvalue weighted by atomic mass is 9.96. The Morgan fingerprint density at radius 3 is 2.32 bits per heavy atom. The Hall–Kier alpha value is -5.63. The number of nitrogens with zero attached hydrogens (tertiary/aromatic N) is 4. The summed E-state index contributed by atoms with van der Waals surface area (Å²) in [4.78, 5) is 52.8. The molecule has 13 nitrogen and oxygen atoms in total. The minimum absolute atomic E-state index is 0.159. The number of rotatable bonds is 9. The zero-order valence-electron chi connectivity index (χ0n) is 23.6. The highest BCUT2D eigenvalue weighted by Gasteiger charge is 2.33. The molecule has 44 heavy (non-hydrogen) atoms. The van der Waals surface area contributed by atoms with E-state index < -0.39 is 33.2 Å². The second-order valence-corrected chi connectivity index (χ2v) is 10.4. The van der Waals surface area contributed by atoms with Crippen LogP contribution in [-0.2, 0) is 9.53 Å². The molecule has 1 atom stereocenters. The lowest BCUT2D eigenvalue weighted by Crippen LogP contribution is -2.39. The number of hydrogen-bond donors (Lipinski definition) is 0. The second kappa shape index (κ2) is 12.3. The average molecular weight is 617 g/mol. The number of methoxy groups -OCH3 is 1. The predicted octanol–water partition coefficient (Wildman–Crippen LogP) is 4.42. The maximum atomic E-state index is 13.8. The van der Waals surface area contributed by atoms with Crippen molar-refractivity contribution in [3.05, 3.63) is 129 Å². The first kappa shape index (κ1) is 29.8. The molecule has 5 rings (SSSR count). The number of nitro groups is 2. The quantitative estimate of drug-likeness (QED) is 0.150. The molecule has 3 aromatic carbocycles. The molecule has 224 valence electrons. The molecule has 0 amide bonds. The van der Waals surface area contributed by atoms with Crippen LogP contribution in [0.2, 0.25) is 0 Å². The van der Waals surface area contributed by atoms with E-state index in [9.17, 15) is 29.8 Å². The van der Waals surface area contributed by atoms with Gasteiger partial charge in [0, 0.05) is 6.07 Å². The van der Waals surface area contributed by atoms with Gasteiger partial charge in [-0.3, -0.25) is 29.6 Å². The fraction of sp³-hybridized carbons (Fsp3) is 0.167. The predicted molar refractivity (Wildman–Crippen MR) is 160 cm³/mol. The Labute approximate surface area is 252 Å². The maximum Gasteiger partial charge on any atom is 0.338 e. The van der Waals surface area contributed by atoms with Gasteiger partial charge in [-0.05, 0) is 61.4 Å². The molecule has 0 saturated heterocycles. The van der Waals surface area contributed by atoms with Crippen LogP contribution >= 0.6 is 11.3 Å². The van der Waals surface area contributed by atoms with E-state index in [4.69, 9.17) is 14.2 Å². The first-order valence-electron chi connectivity index (χ1n) is 13.2. The molecule has 1 aliphatic heterocycles. The molecular weight excluding hydrogens is 592 g/mol. The average Bonchev–Trinajstić information content (AvgIpc) is 3.31. The number of carbonyl (C=O) groups excluding carboxylic acids is 1. The highest BCUT2D eigenvalue weighted by molar-refractivity contribution is 7.07. The number of carbonyl (C=O) groups is 1. The molecule has 0 fully saturated rings. The van der Waals surface area contributed by atoms with E-state index in [1.807, 2.05) is 0 Å². The first-order valence-corrected chi connectivity index (χ1v) is 14.0. The van der Waals surface area contributed by atoms with Crippen molar-refractivity contribution in [2.24, 2.45) is 4.99 Å². The van der Waals surface area contributed by atoms with Crippen LogP contribution in [0.5, 0.6) is 17.2 Å². The number of fused-ring (bicyclic) bond motifs is 1. The number of aromatic nitrogens is 1. The molecule has 14 heteroatoms. The lowest BCUT2D eigenvalue weighted by molar-refractivity contribution is -0.394. The van der Waals surface area contributed by atoms with Gasteiger partial charge in [0.15, 0.2) is 4.80 Å². The first-order chi connectivity index (χ1) is 21.1. The number of non-ortho nitro benzene ring substituents is 1. The lowest BCUT2D eigenvalue weighted by Gasteiger charge is -2.24. The van der Waals surface area contributed by atoms with Gasteiger partial charge in [-0.2, -0.15) is 0 Å². The zero-order chi connectivity index (χ0) is 31.5. The molecule has 0 radical (unpaired) electrons. The third kappa shape index (κ3) is 5.83. The van der Waals surface area contributed by atoms with E-state index in [0.29, 0.717) is 31.9 Å². The van der Waals surface area contributed by atoms with Crippen LogP contribution in [0.4, 0.5) is 11.4 Å². The number of hydrogen-bond acceptors (Lipinski definition) is 11. The third-order valence-corrected chi connectivity index (χ3v) is 7.69. The Kier molecular flexibility index (Phi) is 8.35. The highest BCUT2D eigenvalue weighted by atomic mass is 32.1. The molecule has 1 aromatic heterocycles. The summed E-state index contributed by atoms with van der Waals surface area (Å²) >= 11 is 1.17. The van der Waals surface area contributed by atoms with Crippen molar-refractivity contribution in [3.63, 3.8) is 0 Å². The summed E-state index contributed by atoms with van der Waals surface area (Å²) in [6, 6.07) is 15.8. The molecule has 0 saturated carbocycles. The van der Waals surface area contributed by atoms with Crippen molar-refractivity contribution < 1.29 is 28.9 Å². The monoisotopic (exact) mass is 616 g/mol. The summed E-state index contributed by atoms with van der Waals surface area (Å²) in [5.41, 5.74) is 0.677. The van der Waals surface area contributed by atoms with Gasteiger partial charge in [0.05, 0.1) is 51.5 Å². The summed E-state index contributed by atoms with van der Waals surface area (Å²) in [5.74, 6) is 0.144. The number of esters is 1. The SMILES string of the molecule is CCOC(=O)C1=C(C)N=c2s/c(=C\c3ccc(Oc4ccc([N+](=O)[O-])cc4[N+](=O)[O-])cc3)c(=O)n2C1c1ccc(OC)cc1. The maximum absolute atomic E-state index is 13.8. The molecule has 2 heterocycles. The summed E-state index contributed by atoms with van der Waals surface area (Å²) in [5, 5.41) is 22.4. The molecule has 0 aliphatic carbocycles. The summed E-state index contributed by atoms with van der Waals surface area (Å²) in [6.07, 6.45) is 1.66. The molecule has 1 aliphatic rings. The minimum Gasteiger partial charge on any atom is -0.497 e.